The highest BCUT2D eigenvalue weighted by Crippen LogP contribution is 2.27. The summed E-state index contributed by atoms with van der Waals surface area (Å²) >= 11 is 0. The number of unbranched alkanes of at least 4 members (excludes halogenated alkanes) is 1. The molecule has 192 valence electrons. The monoisotopic (exact) mass is 491 g/mol. The van der Waals surface area contributed by atoms with E-state index in [1.807, 2.05) is 60.7 Å². The summed E-state index contributed by atoms with van der Waals surface area (Å²) in [6.45, 7) is 9.12. The number of benzene rings is 2. The van der Waals surface area contributed by atoms with Crippen molar-refractivity contribution < 1.29 is 14.3 Å². The van der Waals surface area contributed by atoms with Crippen LogP contribution in [0.2, 0.25) is 0 Å². The van der Waals surface area contributed by atoms with Crippen LogP contribution in [0.4, 0.5) is 10.6 Å². The first-order chi connectivity index (χ1) is 17.2. The zero-order valence-corrected chi connectivity index (χ0v) is 21.9. The molecule has 0 fully saturated rings. The lowest BCUT2D eigenvalue weighted by Crippen LogP contribution is -2.44. The maximum Gasteiger partial charge on any atom is 0.318 e. The topological polar surface area (TPSA) is 88.5 Å². The number of amides is 3. The SMILES string of the molecule is CCCCN(CC(=O)Nc1cc(C(C)(C)C)nn1-c1ccc(OC)cc1)C(=O)NCc1ccccc1. The predicted octanol–water partition coefficient (Wildman–Crippen LogP) is 5.13. The summed E-state index contributed by atoms with van der Waals surface area (Å²) in [4.78, 5) is 27.6. The molecule has 3 amide bonds. The van der Waals surface area contributed by atoms with E-state index in [0.717, 1.165) is 35.5 Å². The van der Waals surface area contributed by atoms with Gasteiger partial charge in [0.15, 0.2) is 0 Å². The van der Waals surface area contributed by atoms with Crippen LogP contribution in [-0.4, -0.2) is 46.8 Å². The molecule has 0 aliphatic heterocycles. The quantitative estimate of drug-likeness (QED) is 0.412. The van der Waals surface area contributed by atoms with Crippen LogP contribution >= 0.6 is 0 Å². The van der Waals surface area contributed by atoms with Gasteiger partial charge in [0.05, 0.1) is 18.5 Å². The zero-order chi connectivity index (χ0) is 26.1. The van der Waals surface area contributed by atoms with Crippen LogP contribution in [0.25, 0.3) is 5.69 Å². The van der Waals surface area contributed by atoms with Crippen molar-refractivity contribution in [1.29, 1.82) is 0 Å². The van der Waals surface area contributed by atoms with Crippen LogP contribution in [0.3, 0.4) is 0 Å². The number of carbonyl (C=O) groups excluding carboxylic acids is 2. The number of ether oxygens (including phenoxy) is 1. The minimum Gasteiger partial charge on any atom is -0.497 e. The Bertz CT molecular complexity index is 1130. The molecule has 0 spiro atoms. The number of carbonyl (C=O) groups is 2. The third-order valence-corrected chi connectivity index (χ3v) is 5.75. The van der Waals surface area contributed by atoms with Crippen molar-refractivity contribution in [1.82, 2.24) is 20.0 Å². The molecule has 0 bridgehead atoms. The highest BCUT2D eigenvalue weighted by molar-refractivity contribution is 5.94. The maximum absolute atomic E-state index is 13.1. The minimum atomic E-state index is -0.281. The highest BCUT2D eigenvalue weighted by Gasteiger charge is 2.23. The second-order valence-corrected chi connectivity index (χ2v) is 9.74. The van der Waals surface area contributed by atoms with Crippen molar-refractivity contribution in [2.75, 3.05) is 25.5 Å². The fraction of sp³-hybridized carbons (Fsp3) is 0.393. The van der Waals surface area contributed by atoms with E-state index in [1.54, 1.807) is 16.7 Å². The van der Waals surface area contributed by atoms with E-state index in [2.05, 4.69) is 38.3 Å². The average molecular weight is 492 g/mol. The van der Waals surface area contributed by atoms with Gasteiger partial charge in [-0.3, -0.25) is 4.79 Å². The minimum absolute atomic E-state index is 0.0563. The molecule has 3 aromatic rings. The Morgan fingerprint density at radius 2 is 1.75 bits per heavy atom. The summed E-state index contributed by atoms with van der Waals surface area (Å²) in [5.41, 5.74) is 2.44. The lowest BCUT2D eigenvalue weighted by Gasteiger charge is -2.22. The second kappa shape index (κ2) is 12.2. The van der Waals surface area contributed by atoms with Crippen molar-refractivity contribution in [2.45, 2.75) is 52.5 Å². The fourth-order valence-corrected chi connectivity index (χ4v) is 3.60. The van der Waals surface area contributed by atoms with Gasteiger partial charge in [0.1, 0.15) is 18.1 Å². The van der Waals surface area contributed by atoms with Gasteiger partial charge in [-0.25, -0.2) is 9.48 Å². The molecule has 8 nitrogen and oxygen atoms in total. The molecule has 0 saturated heterocycles. The highest BCUT2D eigenvalue weighted by atomic mass is 16.5. The molecule has 0 aliphatic carbocycles. The molecule has 8 heteroatoms. The number of nitrogens with zero attached hydrogens (tertiary/aromatic N) is 3. The molecule has 0 saturated carbocycles. The van der Waals surface area contributed by atoms with Gasteiger partial charge >= 0.3 is 6.03 Å². The molecule has 0 atom stereocenters. The van der Waals surface area contributed by atoms with Crippen molar-refractivity contribution in [2.24, 2.45) is 0 Å². The van der Waals surface area contributed by atoms with Crippen molar-refractivity contribution >= 4 is 17.8 Å². The van der Waals surface area contributed by atoms with Crippen LogP contribution in [0.5, 0.6) is 5.75 Å². The standard InChI is InChI=1S/C28H37N5O3/c1-6-7-17-32(27(35)29-19-21-11-9-8-10-12-21)20-26(34)30-25-18-24(28(2,3)4)31-33(25)22-13-15-23(36-5)16-14-22/h8-16,18H,6-7,17,19-20H2,1-5H3,(H,29,35)(H,30,34). The summed E-state index contributed by atoms with van der Waals surface area (Å²) in [6, 6.07) is 18.8. The third-order valence-electron chi connectivity index (χ3n) is 5.75. The molecule has 1 aromatic heterocycles. The lowest BCUT2D eigenvalue weighted by atomic mass is 9.92. The summed E-state index contributed by atoms with van der Waals surface area (Å²) in [6.07, 6.45) is 1.73. The second-order valence-electron chi connectivity index (χ2n) is 9.74. The van der Waals surface area contributed by atoms with E-state index in [1.165, 1.54) is 0 Å². The number of methoxy groups -OCH3 is 1. The molecule has 3 rings (SSSR count). The molecule has 0 aliphatic rings. The van der Waals surface area contributed by atoms with Crippen molar-refractivity contribution in [3.05, 3.63) is 71.9 Å². The first-order valence-corrected chi connectivity index (χ1v) is 12.3. The molecule has 2 aromatic carbocycles. The molecule has 1 heterocycles. The summed E-state index contributed by atoms with van der Waals surface area (Å²) in [5.74, 6) is 1.01. The summed E-state index contributed by atoms with van der Waals surface area (Å²) in [5, 5.41) is 10.7. The number of hydrogen-bond donors (Lipinski definition) is 2. The number of urea groups is 1. The molecule has 0 radical (unpaired) electrons. The maximum atomic E-state index is 13.1. The number of hydrogen-bond acceptors (Lipinski definition) is 4. The van der Waals surface area contributed by atoms with Gasteiger partial charge in [-0.05, 0) is 36.2 Å². The van der Waals surface area contributed by atoms with Gasteiger partial charge in [-0.15, -0.1) is 0 Å². The van der Waals surface area contributed by atoms with Crippen molar-refractivity contribution in [3.8, 4) is 11.4 Å². The number of anilines is 1. The Labute approximate surface area is 213 Å². The Balaban J connectivity index is 1.76. The number of rotatable bonds is 10. The van der Waals surface area contributed by atoms with E-state index >= 15 is 0 Å². The molecule has 36 heavy (non-hydrogen) atoms. The summed E-state index contributed by atoms with van der Waals surface area (Å²) < 4.78 is 6.97. The Morgan fingerprint density at radius 1 is 1.06 bits per heavy atom. The summed E-state index contributed by atoms with van der Waals surface area (Å²) in [7, 11) is 1.62. The first kappa shape index (κ1) is 26.8. The van der Waals surface area contributed by atoms with Gasteiger partial charge in [-0.1, -0.05) is 64.4 Å². The molecular weight excluding hydrogens is 454 g/mol. The van der Waals surface area contributed by atoms with Gasteiger partial charge in [-0.2, -0.15) is 5.10 Å². The third kappa shape index (κ3) is 7.34. The molecular formula is C28H37N5O3. The zero-order valence-electron chi connectivity index (χ0n) is 21.9. The van der Waals surface area contributed by atoms with Crippen LogP contribution in [0.1, 0.15) is 51.8 Å². The van der Waals surface area contributed by atoms with E-state index in [9.17, 15) is 9.59 Å². The Kier molecular flexibility index (Phi) is 9.11. The average Bonchev–Trinajstić information content (AvgIpc) is 3.30. The van der Waals surface area contributed by atoms with Crippen LogP contribution in [0, 0.1) is 0 Å². The number of nitrogens with one attached hydrogen (secondary N) is 2. The van der Waals surface area contributed by atoms with E-state index in [-0.39, 0.29) is 23.9 Å². The predicted molar refractivity (Wildman–Crippen MR) is 143 cm³/mol. The largest absolute Gasteiger partial charge is 0.497 e. The van der Waals surface area contributed by atoms with Gasteiger partial charge < -0.3 is 20.3 Å². The first-order valence-electron chi connectivity index (χ1n) is 12.3. The van der Waals surface area contributed by atoms with Crippen LogP contribution in [-0.2, 0) is 16.8 Å². The smallest absolute Gasteiger partial charge is 0.318 e. The van der Waals surface area contributed by atoms with E-state index in [4.69, 9.17) is 9.84 Å². The number of aromatic nitrogens is 2. The van der Waals surface area contributed by atoms with Crippen LogP contribution in [0.15, 0.2) is 60.7 Å². The normalized spacial score (nSPS) is 11.1. The molecule has 2 N–H and O–H groups in total. The van der Waals surface area contributed by atoms with Gasteiger partial charge in [0, 0.05) is 24.6 Å². The van der Waals surface area contributed by atoms with E-state index < -0.39 is 0 Å². The van der Waals surface area contributed by atoms with Crippen LogP contribution < -0.4 is 15.4 Å². The van der Waals surface area contributed by atoms with Crippen molar-refractivity contribution in [3.63, 3.8) is 0 Å². The fourth-order valence-electron chi connectivity index (χ4n) is 3.60. The molecule has 0 unspecified atom stereocenters. The van der Waals surface area contributed by atoms with Gasteiger partial charge in [0.25, 0.3) is 0 Å². The lowest BCUT2D eigenvalue weighted by molar-refractivity contribution is -0.116. The van der Waals surface area contributed by atoms with E-state index in [0.29, 0.717) is 18.9 Å². The van der Waals surface area contributed by atoms with Gasteiger partial charge in [0.2, 0.25) is 5.91 Å². The Morgan fingerprint density at radius 3 is 2.36 bits per heavy atom. The Hall–Kier alpha value is -3.81.